The van der Waals surface area contributed by atoms with Crippen molar-refractivity contribution in [1.29, 1.82) is 0 Å². The molecule has 1 heterocycles. The molecule has 1 aliphatic heterocycles. The van der Waals surface area contributed by atoms with Crippen molar-refractivity contribution >= 4 is 17.8 Å². The summed E-state index contributed by atoms with van der Waals surface area (Å²) in [4.78, 5) is 37.7. The fraction of sp³-hybridized carbons (Fsp3) is 0.571. The van der Waals surface area contributed by atoms with Crippen molar-refractivity contribution in [3.05, 3.63) is 29.8 Å². The van der Waals surface area contributed by atoms with Gasteiger partial charge in [-0.1, -0.05) is 45.7 Å². The molecule has 2 aliphatic rings. The molecule has 2 N–H and O–H groups in total. The molecule has 1 spiro atoms. The number of hydrogen-bond donors (Lipinski definition) is 2. The van der Waals surface area contributed by atoms with Crippen molar-refractivity contribution in [1.82, 2.24) is 15.5 Å². The molecule has 4 amide bonds. The van der Waals surface area contributed by atoms with E-state index in [1.165, 1.54) is 5.56 Å². The van der Waals surface area contributed by atoms with Crippen LogP contribution in [0.1, 0.15) is 52.0 Å². The third-order valence-electron chi connectivity index (χ3n) is 5.42. The zero-order valence-corrected chi connectivity index (χ0v) is 16.8. The van der Waals surface area contributed by atoms with Gasteiger partial charge in [-0.15, -0.1) is 0 Å². The van der Waals surface area contributed by atoms with Crippen molar-refractivity contribution in [3.8, 4) is 5.75 Å². The van der Waals surface area contributed by atoms with Gasteiger partial charge >= 0.3 is 6.03 Å². The quantitative estimate of drug-likeness (QED) is 0.579. The Labute approximate surface area is 165 Å². The van der Waals surface area contributed by atoms with E-state index in [2.05, 4.69) is 31.4 Å². The van der Waals surface area contributed by atoms with Gasteiger partial charge in [-0.3, -0.25) is 14.5 Å². The Balaban J connectivity index is 1.41. The lowest BCUT2D eigenvalue weighted by Crippen LogP contribution is -2.45. The number of hydrogen-bond acceptors (Lipinski definition) is 4. The second-order valence-electron chi connectivity index (χ2n) is 8.58. The van der Waals surface area contributed by atoms with Crippen LogP contribution >= 0.6 is 0 Å². The highest BCUT2D eigenvalue weighted by atomic mass is 16.5. The Bertz CT molecular complexity index is 746. The van der Waals surface area contributed by atoms with Gasteiger partial charge in [0.05, 0.1) is 6.54 Å². The zero-order chi connectivity index (χ0) is 20.4. The maximum Gasteiger partial charge on any atom is 0.325 e. The lowest BCUT2D eigenvalue weighted by atomic mass is 9.87. The molecule has 0 bridgehead atoms. The third-order valence-corrected chi connectivity index (χ3v) is 5.42. The van der Waals surface area contributed by atoms with Gasteiger partial charge in [-0.05, 0) is 36.0 Å². The normalized spacial score (nSPS) is 18.5. The third kappa shape index (κ3) is 4.29. The molecular weight excluding hydrogens is 358 g/mol. The molecule has 28 heavy (non-hydrogen) atoms. The lowest BCUT2D eigenvalue weighted by molar-refractivity contribution is -0.134. The van der Waals surface area contributed by atoms with E-state index in [4.69, 9.17) is 4.74 Å². The highest BCUT2D eigenvalue weighted by Gasteiger charge is 2.52. The topological polar surface area (TPSA) is 87.7 Å². The average Bonchev–Trinajstić information content (AvgIpc) is 3.19. The molecule has 0 atom stereocenters. The second kappa shape index (κ2) is 7.81. The van der Waals surface area contributed by atoms with Crippen LogP contribution in [0.3, 0.4) is 0 Å². The van der Waals surface area contributed by atoms with Gasteiger partial charge in [0.1, 0.15) is 24.4 Å². The highest BCUT2D eigenvalue weighted by Crippen LogP contribution is 2.34. The van der Waals surface area contributed by atoms with Gasteiger partial charge in [0.15, 0.2) is 0 Å². The van der Waals surface area contributed by atoms with E-state index in [1.807, 2.05) is 24.3 Å². The molecule has 1 aliphatic carbocycles. The first-order valence-corrected chi connectivity index (χ1v) is 9.85. The number of ether oxygens (including phenoxy) is 1. The van der Waals surface area contributed by atoms with Crippen molar-refractivity contribution < 1.29 is 19.1 Å². The number of nitrogens with zero attached hydrogens (tertiary/aromatic N) is 1. The number of carbonyl (C=O) groups is 3. The summed E-state index contributed by atoms with van der Waals surface area (Å²) < 4.78 is 5.64. The Morgan fingerprint density at radius 1 is 1.18 bits per heavy atom. The van der Waals surface area contributed by atoms with Gasteiger partial charge in [-0.2, -0.15) is 0 Å². The minimum atomic E-state index is -0.778. The van der Waals surface area contributed by atoms with Crippen molar-refractivity contribution in [2.75, 3.05) is 19.7 Å². The van der Waals surface area contributed by atoms with E-state index in [0.29, 0.717) is 26.0 Å². The maximum absolute atomic E-state index is 12.5. The van der Waals surface area contributed by atoms with Crippen molar-refractivity contribution in [3.63, 3.8) is 0 Å². The molecule has 0 aromatic heterocycles. The summed E-state index contributed by atoms with van der Waals surface area (Å²) in [5, 5.41) is 5.47. The van der Waals surface area contributed by atoms with Crippen LogP contribution in [0.4, 0.5) is 4.79 Å². The number of urea groups is 1. The Morgan fingerprint density at radius 2 is 1.82 bits per heavy atom. The minimum Gasteiger partial charge on any atom is -0.492 e. The molecule has 152 valence electrons. The summed E-state index contributed by atoms with van der Waals surface area (Å²) >= 11 is 0. The summed E-state index contributed by atoms with van der Waals surface area (Å²) in [6, 6.07) is 7.42. The fourth-order valence-corrected chi connectivity index (χ4v) is 3.75. The SMILES string of the molecule is CC(C)(C)c1ccc(OCCNC(=O)CN2C(=O)NC3(CCCC3)C2=O)cc1. The molecule has 1 saturated carbocycles. The van der Waals surface area contributed by atoms with E-state index < -0.39 is 11.6 Å². The van der Waals surface area contributed by atoms with Gasteiger partial charge in [0.25, 0.3) is 5.91 Å². The first-order valence-electron chi connectivity index (χ1n) is 9.85. The number of carbonyl (C=O) groups excluding carboxylic acids is 3. The van der Waals surface area contributed by atoms with Crippen molar-refractivity contribution in [2.45, 2.75) is 57.4 Å². The number of amides is 4. The zero-order valence-electron chi connectivity index (χ0n) is 16.8. The number of imide groups is 1. The summed E-state index contributed by atoms with van der Waals surface area (Å²) in [5.74, 6) is 0.0880. The van der Waals surface area contributed by atoms with Crippen LogP contribution in [0.25, 0.3) is 0 Å². The molecule has 7 heteroatoms. The number of nitrogens with one attached hydrogen (secondary N) is 2. The van der Waals surface area contributed by atoms with Crippen molar-refractivity contribution in [2.24, 2.45) is 0 Å². The highest BCUT2D eigenvalue weighted by molar-refractivity contribution is 6.09. The van der Waals surface area contributed by atoms with Gasteiger partial charge in [0.2, 0.25) is 5.91 Å². The first-order chi connectivity index (χ1) is 13.2. The largest absolute Gasteiger partial charge is 0.492 e. The molecule has 0 unspecified atom stereocenters. The summed E-state index contributed by atoms with van der Waals surface area (Å²) in [6.07, 6.45) is 3.13. The summed E-state index contributed by atoms with van der Waals surface area (Å²) in [5.41, 5.74) is 0.532. The van der Waals surface area contributed by atoms with Crippen LogP contribution in [-0.4, -0.2) is 48.0 Å². The molecule has 1 aromatic rings. The van der Waals surface area contributed by atoms with Crippen LogP contribution < -0.4 is 15.4 Å². The Hall–Kier alpha value is -2.57. The van der Waals surface area contributed by atoms with E-state index >= 15 is 0 Å². The van der Waals surface area contributed by atoms with E-state index in [9.17, 15) is 14.4 Å². The molecule has 1 aromatic carbocycles. The van der Waals surface area contributed by atoms with E-state index in [-0.39, 0.29) is 23.8 Å². The molecule has 0 radical (unpaired) electrons. The average molecular weight is 387 g/mol. The Kier molecular flexibility index (Phi) is 5.63. The summed E-state index contributed by atoms with van der Waals surface area (Å²) in [6.45, 7) is 6.81. The smallest absolute Gasteiger partial charge is 0.325 e. The van der Waals surface area contributed by atoms with Crippen LogP contribution in [0.5, 0.6) is 5.75 Å². The van der Waals surface area contributed by atoms with Gasteiger partial charge in [-0.25, -0.2) is 4.79 Å². The summed E-state index contributed by atoms with van der Waals surface area (Å²) in [7, 11) is 0. The van der Waals surface area contributed by atoms with E-state index in [0.717, 1.165) is 23.5 Å². The lowest BCUT2D eigenvalue weighted by Gasteiger charge is -2.20. The molecule has 1 saturated heterocycles. The van der Waals surface area contributed by atoms with Crippen LogP contribution in [0, 0.1) is 0 Å². The fourth-order valence-electron chi connectivity index (χ4n) is 3.75. The standard InChI is InChI=1S/C21H29N3O4/c1-20(2,3)15-6-8-16(9-7-15)28-13-12-22-17(25)14-24-18(26)21(23-19(24)27)10-4-5-11-21/h6-9H,4-5,10-14H2,1-3H3,(H,22,25)(H,23,27). The molecule has 2 fully saturated rings. The van der Waals surface area contributed by atoms with Gasteiger partial charge < -0.3 is 15.4 Å². The van der Waals surface area contributed by atoms with E-state index in [1.54, 1.807) is 0 Å². The van der Waals surface area contributed by atoms with Crippen LogP contribution in [0.2, 0.25) is 0 Å². The molecule has 3 rings (SSSR count). The Morgan fingerprint density at radius 3 is 2.43 bits per heavy atom. The maximum atomic E-state index is 12.5. The predicted octanol–water partition coefficient (Wildman–Crippen LogP) is 2.34. The van der Waals surface area contributed by atoms with Crippen LogP contribution in [0.15, 0.2) is 24.3 Å². The van der Waals surface area contributed by atoms with Crippen LogP contribution in [-0.2, 0) is 15.0 Å². The number of benzene rings is 1. The molecular formula is C21H29N3O4. The monoisotopic (exact) mass is 387 g/mol. The predicted molar refractivity (Wildman–Crippen MR) is 105 cm³/mol. The minimum absolute atomic E-state index is 0.0862. The number of rotatable bonds is 6. The first kappa shape index (κ1) is 20.2. The molecule has 7 nitrogen and oxygen atoms in total. The second-order valence-corrected chi connectivity index (χ2v) is 8.58. The van der Waals surface area contributed by atoms with Gasteiger partial charge in [0, 0.05) is 0 Å².